The summed E-state index contributed by atoms with van der Waals surface area (Å²) in [4.78, 5) is 12.3. The maximum atomic E-state index is 13.2. The Morgan fingerprint density at radius 2 is 1.88 bits per heavy atom. The van der Waals surface area contributed by atoms with Gasteiger partial charge in [-0.25, -0.2) is 17.1 Å². The van der Waals surface area contributed by atoms with Gasteiger partial charge >= 0.3 is 0 Å². The molecule has 12 heteroatoms. The molecule has 0 bridgehead atoms. The molecule has 1 aliphatic heterocycles. The van der Waals surface area contributed by atoms with Gasteiger partial charge in [0.15, 0.2) is 11.5 Å². The van der Waals surface area contributed by atoms with Gasteiger partial charge in [-0.05, 0) is 43.2 Å². The first kappa shape index (κ1) is 22.1. The summed E-state index contributed by atoms with van der Waals surface area (Å²) in [6.45, 7) is 1.21. The van der Waals surface area contributed by atoms with Crippen LogP contribution in [0.15, 0.2) is 36.4 Å². The molecular formula is C20H23FN6O4S. The van der Waals surface area contributed by atoms with E-state index in [0.29, 0.717) is 48.8 Å². The molecule has 0 aliphatic carbocycles. The van der Waals surface area contributed by atoms with Crippen LogP contribution >= 0.6 is 0 Å². The van der Waals surface area contributed by atoms with Crippen molar-refractivity contribution in [2.45, 2.75) is 12.8 Å². The largest absolute Gasteiger partial charge is 0.475 e. The van der Waals surface area contributed by atoms with Gasteiger partial charge in [0.05, 0.1) is 12.8 Å². The average Bonchev–Trinajstić information content (AvgIpc) is 3.20. The third-order valence-electron chi connectivity index (χ3n) is 5.29. The number of halogens is 1. The lowest BCUT2D eigenvalue weighted by Crippen LogP contribution is -2.43. The van der Waals surface area contributed by atoms with Crippen LogP contribution in [0.2, 0.25) is 0 Å². The van der Waals surface area contributed by atoms with Crippen LogP contribution in [0, 0.1) is 11.7 Å². The van der Waals surface area contributed by atoms with Crippen LogP contribution in [-0.2, 0) is 14.8 Å². The number of piperidine rings is 1. The number of ether oxygens (including phenoxy) is 1. The van der Waals surface area contributed by atoms with E-state index in [4.69, 9.17) is 4.74 Å². The van der Waals surface area contributed by atoms with Gasteiger partial charge in [-0.1, -0.05) is 0 Å². The maximum Gasteiger partial charge on any atom is 0.231 e. The predicted molar refractivity (Wildman–Crippen MR) is 114 cm³/mol. The molecule has 3 heterocycles. The number of sulfonamides is 1. The van der Waals surface area contributed by atoms with Crippen molar-refractivity contribution < 1.29 is 22.3 Å². The molecule has 1 aromatic carbocycles. The first-order valence-electron chi connectivity index (χ1n) is 10.2. The zero-order valence-electron chi connectivity index (χ0n) is 17.4. The van der Waals surface area contributed by atoms with Crippen LogP contribution < -0.4 is 10.1 Å². The Kier molecular flexibility index (Phi) is 6.33. The molecule has 1 N–H and O–H groups in total. The lowest BCUT2D eigenvalue weighted by Gasteiger charge is -2.29. The second-order valence-corrected chi connectivity index (χ2v) is 9.53. The Bertz CT molecular complexity index is 1210. The summed E-state index contributed by atoms with van der Waals surface area (Å²) in [5.41, 5.74) is 1.18. The topological polar surface area (TPSA) is 119 Å². The van der Waals surface area contributed by atoms with Gasteiger partial charge in [0.25, 0.3) is 0 Å². The smallest absolute Gasteiger partial charge is 0.231 e. The molecule has 1 fully saturated rings. The van der Waals surface area contributed by atoms with E-state index in [0.717, 1.165) is 0 Å². The number of carbonyl (C=O) groups is 1. The van der Waals surface area contributed by atoms with Crippen molar-refractivity contribution in [3.05, 3.63) is 42.2 Å². The molecule has 0 spiro atoms. The van der Waals surface area contributed by atoms with Crippen LogP contribution in [-0.4, -0.2) is 70.9 Å². The molecule has 3 aromatic rings. The van der Waals surface area contributed by atoms with Crippen molar-refractivity contribution in [3.63, 3.8) is 0 Å². The van der Waals surface area contributed by atoms with Crippen molar-refractivity contribution in [1.82, 2.24) is 29.4 Å². The molecule has 1 saturated heterocycles. The van der Waals surface area contributed by atoms with Crippen LogP contribution in [0.3, 0.4) is 0 Å². The summed E-state index contributed by atoms with van der Waals surface area (Å²) in [5, 5.41) is 15.4. The van der Waals surface area contributed by atoms with Crippen LogP contribution in [0.5, 0.6) is 5.88 Å². The first-order valence-corrected chi connectivity index (χ1v) is 12.0. The van der Waals surface area contributed by atoms with Crippen LogP contribution in [0.25, 0.3) is 17.0 Å². The Morgan fingerprint density at radius 3 is 2.56 bits per heavy atom. The van der Waals surface area contributed by atoms with Crippen molar-refractivity contribution in [1.29, 1.82) is 0 Å². The van der Waals surface area contributed by atoms with Gasteiger partial charge < -0.3 is 10.1 Å². The Morgan fingerprint density at radius 1 is 1.16 bits per heavy atom. The molecule has 1 amide bonds. The zero-order valence-corrected chi connectivity index (χ0v) is 18.3. The highest BCUT2D eigenvalue weighted by Gasteiger charge is 2.28. The minimum absolute atomic E-state index is 0.109. The number of nitrogens with one attached hydrogen (secondary N) is 1. The van der Waals surface area contributed by atoms with E-state index in [9.17, 15) is 17.6 Å². The standard InChI is InChI=1S/C20H23FN6O4S/c1-32(29,30)26-11-8-15(9-12-26)20(28)22-10-13-31-18-7-6-17-23-24-19(27(17)25-18)14-2-4-16(21)5-3-14/h2-7,15H,8-13H2,1H3,(H,22,28). The van der Waals surface area contributed by atoms with E-state index < -0.39 is 10.0 Å². The molecule has 0 unspecified atom stereocenters. The summed E-state index contributed by atoms with van der Waals surface area (Å²) < 4.78 is 44.9. The molecule has 32 heavy (non-hydrogen) atoms. The fourth-order valence-corrected chi connectivity index (χ4v) is 4.43. The van der Waals surface area contributed by atoms with E-state index in [1.165, 1.54) is 27.2 Å². The monoisotopic (exact) mass is 462 g/mol. The van der Waals surface area contributed by atoms with Gasteiger partial charge in [-0.15, -0.1) is 15.3 Å². The number of carbonyl (C=O) groups excluding carboxylic acids is 1. The molecule has 170 valence electrons. The molecular weight excluding hydrogens is 439 g/mol. The highest BCUT2D eigenvalue weighted by molar-refractivity contribution is 7.88. The number of fused-ring (bicyclic) bond motifs is 1. The fourth-order valence-electron chi connectivity index (χ4n) is 3.55. The molecule has 0 atom stereocenters. The third-order valence-corrected chi connectivity index (χ3v) is 6.59. The van der Waals surface area contributed by atoms with Gasteiger partial charge in [0.2, 0.25) is 21.8 Å². The highest BCUT2D eigenvalue weighted by atomic mass is 32.2. The summed E-state index contributed by atoms with van der Waals surface area (Å²) in [6, 6.07) is 9.22. The second-order valence-electron chi connectivity index (χ2n) is 7.55. The van der Waals surface area contributed by atoms with Crippen molar-refractivity contribution >= 4 is 21.6 Å². The van der Waals surface area contributed by atoms with E-state index in [-0.39, 0.29) is 30.8 Å². The van der Waals surface area contributed by atoms with Crippen LogP contribution in [0.4, 0.5) is 4.39 Å². The first-order chi connectivity index (χ1) is 15.3. The number of amides is 1. The highest BCUT2D eigenvalue weighted by Crippen LogP contribution is 2.20. The van der Waals surface area contributed by atoms with Gasteiger partial charge in [-0.3, -0.25) is 4.79 Å². The molecule has 0 saturated carbocycles. The fraction of sp³-hybridized carbons (Fsp3) is 0.400. The normalized spacial score (nSPS) is 15.7. The summed E-state index contributed by atoms with van der Waals surface area (Å²) in [7, 11) is -3.21. The van der Waals surface area contributed by atoms with E-state index in [1.54, 1.807) is 24.3 Å². The number of rotatable bonds is 7. The lowest BCUT2D eigenvalue weighted by molar-refractivity contribution is -0.126. The third kappa shape index (κ3) is 5.02. The quantitative estimate of drug-likeness (QED) is 0.522. The number of hydrogen-bond acceptors (Lipinski definition) is 7. The summed E-state index contributed by atoms with van der Waals surface area (Å²) in [5.74, 6) is 0.124. The second kappa shape index (κ2) is 9.17. The zero-order chi connectivity index (χ0) is 22.7. The lowest BCUT2D eigenvalue weighted by atomic mass is 9.97. The predicted octanol–water partition coefficient (Wildman–Crippen LogP) is 1.10. The molecule has 10 nitrogen and oxygen atoms in total. The SMILES string of the molecule is CS(=O)(=O)N1CCC(C(=O)NCCOc2ccc3nnc(-c4ccc(F)cc4)n3n2)CC1. The van der Waals surface area contributed by atoms with E-state index >= 15 is 0 Å². The molecule has 0 radical (unpaired) electrons. The molecule has 1 aliphatic rings. The minimum atomic E-state index is -3.21. The maximum absolute atomic E-state index is 13.2. The van der Waals surface area contributed by atoms with Gasteiger partial charge in [0, 0.05) is 30.6 Å². The number of nitrogens with zero attached hydrogens (tertiary/aromatic N) is 5. The summed E-state index contributed by atoms with van der Waals surface area (Å²) in [6.07, 6.45) is 2.17. The molecule has 4 rings (SSSR count). The van der Waals surface area contributed by atoms with Crippen molar-refractivity contribution in [2.75, 3.05) is 32.5 Å². The van der Waals surface area contributed by atoms with E-state index in [1.807, 2.05) is 0 Å². The number of hydrogen-bond donors (Lipinski definition) is 1. The number of benzene rings is 1. The minimum Gasteiger partial charge on any atom is -0.475 e. The molecule has 2 aromatic heterocycles. The van der Waals surface area contributed by atoms with Crippen LogP contribution in [0.1, 0.15) is 12.8 Å². The van der Waals surface area contributed by atoms with Crippen molar-refractivity contribution in [2.24, 2.45) is 5.92 Å². The Labute approximate surface area is 184 Å². The van der Waals surface area contributed by atoms with Gasteiger partial charge in [0.1, 0.15) is 12.4 Å². The number of aromatic nitrogens is 4. The van der Waals surface area contributed by atoms with E-state index in [2.05, 4.69) is 20.6 Å². The van der Waals surface area contributed by atoms with Crippen molar-refractivity contribution in [3.8, 4) is 17.3 Å². The van der Waals surface area contributed by atoms with Gasteiger partial charge in [-0.2, -0.15) is 4.52 Å². The Hall–Kier alpha value is -3.12. The average molecular weight is 463 g/mol. The summed E-state index contributed by atoms with van der Waals surface area (Å²) >= 11 is 0. The Balaban J connectivity index is 1.30.